The third-order valence-corrected chi connectivity index (χ3v) is 3.94. The number of amides is 1. The van der Waals surface area contributed by atoms with E-state index in [1.54, 1.807) is 18.2 Å². The fourth-order valence-corrected chi connectivity index (χ4v) is 2.56. The van der Waals surface area contributed by atoms with Crippen LogP contribution in [0.5, 0.6) is 5.75 Å². The number of methoxy groups -OCH3 is 1. The van der Waals surface area contributed by atoms with Gasteiger partial charge in [-0.3, -0.25) is 9.59 Å². The molecule has 2 rings (SSSR count). The summed E-state index contributed by atoms with van der Waals surface area (Å²) in [6.45, 7) is 3.83. The largest absolute Gasteiger partial charge is 0.495 e. The number of hydrogen-bond donors (Lipinski definition) is 1. The summed E-state index contributed by atoms with van der Waals surface area (Å²) in [7, 11) is 1.52. The molecule has 2 aromatic carbocycles. The van der Waals surface area contributed by atoms with E-state index >= 15 is 0 Å². The van der Waals surface area contributed by atoms with Gasteiger partial charge < -0.3 is 10.1 Å². The van der Waals surface area contributed by atoms with Crippen molar-refractivity contribution >= 4 is 29.0 Å². The molecule has 0 bridgehead atoms. The van der Waals surface area contributed by atoms with Crippen LogP contribution in [0, 0.1) is 13.8 Å². The Morgan fingerprint density at radius 1 is 1.08 bits per heavy atom. The number of anilines is 1. The number of nitrogens with one attached hydrogen (secondary N) is 1. The molecule has 0 aliphatic carbocycles. The molecule has 0 saturated carbocycles. The van der Waals surface area contributed by atoms with Crippen molar-refractivity contribution < 1.29 is 14.3 Å². The molecule has 0 spiro atoms. The molecule has 0 saturated heterocycles. The van der Waals surface area contributed by atoms with E-state index in [1.165, 1.54) is 7.11 Å². The van der Waals surface area contributed by atoms with E-state index in [-0.39, 0.29) is 24.5 Å². The number of carbonyl (C=O) groups excluding carboxylic acids is 2. The summed E-state index contributed by atoms with van der Waals surface area (Å²) in [5.74, 6) is 0.229. The molecule has 0 unspecified atom stereocenters. The molecule has 0 aliphatic heterocycles. The molecule has 5 heteroatoms. The third kappa shape index (κ3) is 4.59. The first-order valence-corrected chi connectivity index (χ1v) is 8.02. The van der Waals surface area contributed by atoms with Crippen molar-refractivity contribution in [2.75, 3.05) is 12.4 Å². The average molecular weight is 346 g/mol. The Labute approximate surface area is 146 Å². The summed E-state index contributed by atoms with van der Waals surface area (Å²) in [5.41, 5.74) is 3.11. The molecule has 2 aromatic rings. The number of halogens is 1. The summed E-state index contributed by atoms with van der Waals surface area (Å²) >= 11 is 5.94. The minimum absolute atomic E-state index is 0.0376. The van der Waals surface area contributed by atoms with Gasteiger partial charge in [0.25, 0.3) is 0 Å². The van der Waals surface area contributed by atoms with Gasteiger partial charge in [0, 0.05) is 23.4 Å². The van der Waals surface area contributed by atoms with Crippen LogP contribution in [0.1, 0.15) is 34.3 Å². The third-order valence-electron chi connectivity index (χ3n) is 3.71. The predicted molar refractivity (Wildman–Crippen MR) is 96.1 cm³/mol. The topological polar surface area (TPSA) is 55.4 Å². The number of Topliss-reactive ketones (excluding diaryl/α,β-unsaturated/α-hetero) is 1. The number of rotatable bonds is 6. The van der Waals surface area contributed by atoms with E-state index in [0.29, 0.717) is 22.0 Å². The van der Waals surface area contributed by atoms with Gasteiger partial charge in [-0.05, 0) is 43.7 Å². The highest BCUT2D eigenvalue weighted by Crippen LogP contribution is 2.27. The summed E-state index contributed by atoms with van der Waals surface area (Å²) < 4.78 is 5.18. The Morgan fingerprint density at radius 3 is 2.54 bits per heavy atom. The van der Waals surface area contributed by atoms with Crippen LogP contribution in [-0.2, 0) is 4.79 Å². The van der Waals surface area contributed by atoms with Gasteiger partial charge in [0.15, 0.2) is 5.78 Å². The van der Waals surface area contributed by atoms with Gasteiger partial charge >= 0.3 is 0 Å². The highest BCUT2D eigenvalue weighted by atomic mass is 35.5. The van der Waals surface area contributed by atoms with Crippen LogP contribution in [-0.4, -0.2) is 18.8 Å². The maximum atomic E-state index is 12.3. The molecule has 24 heavy (non-hydrogen) atoms. The number of hydrogen-bond acceptors (Lipinski definition) is 3. The number of ether oxygens (including phenoxy) is 1. The number of ketones is 1. The van der Waals surface area contributed by atoms with E-state index in [9.17, 15) is 9.59 Å². The fourth-order valence-electron chi connectivity index (χ4n) is 2.39. The van der Waals surface area contributed by atoms with Crippen molar-refractivity contribution in [3.63, 3.8) is 0 Å². The zero-order chi connectivity index (χ0) is 17.7. The second kappa shape index (κ2) is 7.97. The van der Waals surface area contributed by atoms with E-state index in [4.69, 9.17) is 16.3 Å². The second-order valence-corrected chi connectivity index (χ2v) is 6.07. The van der Waals surface area contributed by atoms with Crippen LogP contribution in [0.3, 0.4) is 0 Å². The average Bonchev–Trinajstić information content (AvgIpc) is 2.55. The van der Waals surface area contributed by atoms with Gasteiger partial charge in [-0.1, -0.05) is 29.3 Å². The Hall–Kier alpha value is -2.33. The van der Waals surface area contributed by atoms with Crippen LogP contribution in [0.2, 0.25) is 5.02 Å². The van der Waals surface area contributed by atoms with Gasteiger partial charge in [0.2, 0.25) is 5.91 Å². The second-order valence-electron chi connectivity index (χ2n) is 5.63. The lowest BCUT2D eigenvalue weighted by atomic mass is 9.99. The highest BCUT2D eigenvalue weighted by molar-refractivity contribution is 6.31. The van der Waals surface area contributed by atoms with E-state index < -0.39 is 0 Å². The predicted octanol–water partition coefficient (Wildman–Crippen LogP) is 4.57. The molecule has 1 N–H and O–H groups in total. The summed E-state index contributed by atoms with van der Waals surface area (Å²) in [6.07, 6.45) is 0.251. The molecular formula is C19H20ClNO3. The number of carbonyl (C=O) groups is 2. The zero-order valence-electron chi connectivity index (χ0n) is 14.0. The van der Waals surface area contributed by atoms with Crippen molar-refractivity contribution in [1.82, 2.24) is 0 Å². The first-order chi connectivity index (χ1) is 11.4. The van der Waals surface area contributed by atoms with Crippen molar-refractivity contribution in [3.05, 3.63) is 58.1 Å². The van der Waals surface area contributed by atoms with Gasteiger partial charge in [0.05, 0.1) is 12.8 Å². The van der Waals surface area contributed by atoms with Crippen LogP contribution in [0.25, 0.3) is 0 Å². The SMILES string of the molecule is COc1ccc(Cl)cc1NC(=O)CCC(=O)c1cc(C)ccc1C. The van der Waals surface area contributed by atoms with E-state index in [0.717, 1.165) is 11.1 Å². The van der Waals surface area contributed by atoms with Crippen molar-refractivity contribution in [2.45, 2.75) is 26.7 Å². The smallest absolute Gasteiger partial charge is 0.224 e. The van der Waals surface area contributed by atoms with Crippen molar-refractivity contribution in [2.24, 2.45) is 0 Å². The lowest BCUT2D eigenvalue weighted by molar-refractivity contribution is -0.116. The minimum atomic E-state index is -0.255. The highest BCUT2D eigenvalue weighted by Gasteiger charge is 2.13. The van der Waals surface area contributed by atoms with Crippen LogP contribution in [0.15, 0.2) is 36.4 Å². The van der Waals surface area contributed by atoms with Crippen LogP contribution >= 0.6 is 11.6 Å². The maximum absolute atomic E-state index is 12.3. The molecule has 0 fully saturated rings. The normalized spacial score (nSPS) is 10.3. The summed E-state index contributed by atoms with van der Waals surface area (Å²) in [6, 6.07) is 10.7. The van der Waals surface area contributed by atoms with Crippen LogP contribution < -0.4 is 10.1 Å². The van der Waals surface area contributed by atoms with Gasteiger partial charge in [-0.15, -0.1) is 0 Å². The lowest BCUT2D eigenvalue weighted by Gasteiger charge is -2.11. The lowest BCUT2D eigenvalue weighted by Crippen LogP contribution is -2.14. The maximum Gasteiger partial charge on any atom is 0.224 e. The fraction of sp³-hybridized carbons (Fsp3) is 0.263. The zero-order valence-corrected chi connectivity index (χ0v) is 14.7. The van der Waals surface area contributed by atoms with Gasteiger partial charge in [0.1, 0.15) is 5.75 Å². The van der Waals surface area contributed by atoms with E-state index in [1.807, 2.05) is 32.0 Å². The van der Waals surface area contributed by atoms with E-state index in [2.05, 4.69) is 5.32 Å². The monoisotopic (exact) mass is 345 g/mol. The molecule has 0 aliphatic rings. The quantitative estimate of drug-likeness (QED) is 0.780. The van der Waals surface area contributed by atoms with Crippen LogP contribution in [0.4, 0.5) is 5.69 Å². The molecular weight excluding hydrogens is 326 g/mol. The Morgan fingerprint density at radius 2 is 1.83 bits per heavy atom. The molecule has 4 nitrogen and oxygen atoms in total. The van der Waals surface area contributed by atoms with Gasteiger partial charge in [-0.2, -0.15) is 0 Å². The van der Waals surface area contributed by atoms with Gasteiger partial charge in [-0.25, -0.2) is 0 Å². The number of aryl methyl sites for hydroxylation is 2. The first-order valence-electron chi connectivity index (χ1n) is 7.64. The molecule has 126 valence electrons. The minimum Gasteiger partial charge on any atom is -0.495 e. The number of benzene rings is 2. The first kappa shape index (κ1) is 18.0. The molecule has 0 radical (unpaired) electrons. The summed E-state index contributed by atoms with van der Waals surface area (Å²) in [4.78, 5) is 24.4. The van der Waals surface area contributed by atoms with Crippen molar-refractivity contribution in [1.29, 1.82) is 0 Å². The molecule has 1 amide bonds. The summed E-state index contributed by atoms with van der Waals surface area (Å²) in [5, 5.41) is 3.23. The Balaban J connectivity index is 2.00. The Bertz CT molecular complexity index is 771. The standard InChI is InChI=1S/C19H20ClNO3/c1-12-4-5-13(2)15(10-12)17(22)7-9-19(23)21-16-11-14(20)6-8-18(16)24-3/h4-6,8,10-11H,7,9H2,1-3H3,(H,21,23). The molecule has 0 aromatic heterocycles. The molecule has 0 atom stereocenters. The van der Waals surface area contributed by atoms with Crippen molar-refractivity contribution in [3.8, 4) is 5.75 Å². The Kier molecular flexibility index (Phi) is 5.99. The molecule has 0 heterocycles.